The Bertz CT molecular complexity index is 347. The molecule has 206 valence electrons. The van der Waals surface area contributed by atoms with Crippen LogP contribution < -0.4 is 16.0 Å². The summed E-state index contributed by atoms with van der Waals surface area (Å²) in [5.41, 5.74) is 0. The molecule has 0 saturated carbocycles. The van der Waals surface area contributed by atoms with Crippen LogP contribution in [0.3, 0.4) is 0 Å². The Labute approximate surface area is 211 Å². The molecule has 0 aliphatic carbocycles. The SMILES string of the molecule is CCCCCCNCC(O)CN(CC(O)CNCCCCCC)CC(O)CNCCCCCC. The van der Waals surface area contributed by atoms with Crippen LogP contribution in [-0.4, -0.2) is 97.4 Å². The third-order valence-electron chi connectivity index (χ3n) is 6.17. The average Bonchev–Trinajstić information content (AvgIpc) is 2.80. The van der Waals surface area contributed by atoms with E-state index in [1.807, 2.05) is 4.90 Å². The van der Waals surface area contributed by atoms with E-state index < -0.39 is 18.3 Å². The van der Waals surface area contributed by atoms with E-state index in [4.69, 9.17) is 0 Å². The van der Waals surface area contributed by atoms with Crippen molar-refractivity contribution in [3.05, 3.63) is 0 Å². The van der Waals surface area contributed by atoms with Gasteiger partial charge in [0.15, 0.2) is 0 Å². The summed E-state index contributed by atoms with van der Waals surface area (Å²) >= 11 is 0. The minimum Gasteiger partial charge on any atom is -0.390 e. The summed E-state index contributed by atoms with van der Waals surface area (Å²) in [6.45, 7) is 12.4. The number of unbranched alkanes of at least 4 members (excludes halogenated alkanes) is 9. The molecular formula is C27H60N4O3. The van der Waals surface area contributed by atoms with Gasteiger partial charge in [0.2, 0.25) is 0 Å². The van der Waals surface area contributed by atoms with E-state index >= 15 is 0 Å². The minimum atomic E-state index is -0.519. The smallest absolute Gasteiger partial charge is 0.0791 e. The van der Waals surface area contributed by atoms with Crippen molar-refractivity contribution >= 4 is 0 Å². The van der Waals surface area contributed by atoms with Crippen molar-refractivity contribution in [2.45, 2.75) is 116 Å². The molecule has 0 rings (SSSR count). The van der Waals surface area contributed by atoms with Gasteiger partial charge >= 0.3 is 0 Å². The molecule has 0 heterocycles. The van der Waals surface area contributed by atoms with Crippen molar-refractivity contribution in [2.75, 3.05) is 58.9 Å². The van der Waals surface area contributed by atoms with Crippen molar-refractivity contribution in [1.29, 1.82) is 0 Å². The Morgan fingerprint density at radius 3 is 1.03 bits per heavy atom. The molecule has 34 heavy (non-hydrogen) atoms. The zero-order valence-corrected chi connectivity index (χ0v) is 22.9. The normalized spacial score (nSPS) is 14.6. The molecule has 0 aromatic carbocycles. The van der Waals surface area contributed by atoms with Crippen LogP contribution in [0.4, 0.5) is 0 Å². The van der Waals surface area contributed by atoms with Crippen LogP contribution in [0.1, 0.15) is 97.8 Å². The van der Waals surface area contributed by atoms with Crippen LogP contribution in [0.2, 0.25) is 0 Å². The number of aliphatic hydroxyl groups is 3. The van der Waals surface area contributed by atoms with Crippen LogP contribution in [-0.2, 0) is 0 Å². The Morgan fingerprint density at radius 1 is 0.471 bits per heavy atom. The lowest BCUT2D eigenvalue weighted by Crippen LogP contribution is -2.48. The number of hydrogen-bond acceptors (Lipinski definition) is 7. The predicted octanol–water partition coefficient (Wildman–Crippen LogP) is 2.88. The molecule has 3 unspecified atom stereocenters. The number of nitrogens with zero attached hydrogens (tertiary/aromatic N) is 1. The molecule has 0 radical (unpaired) electrons. The fourth-order valence-electron chi connectivity index (χ4n) is 4.15. The van der Waals surface area contributed by atoms with E-state index in [2.05, 4.69) is 36.7 Å². The lowest BCUT2D eigenvalue weighted by molar-refractivity contribution is 0.0386. The quantitative estimate of drug-likeness (QED) is 0.0989. The van der Waals surface area contributed by atoms with Crippen molar-refractivity contribution in [1.82, 2.24) is 20.9 Å². The molecule has 0 saturated heterocycles. The summed E-state index contributed by atoms with van der Waals surface area (Å²) in [6, 6.07) is 0. The van der Waals surface area contributed by atoms with E-state index in [1.54, 1.807) is 0 Å². The third-order valence-corrected chi connectivity index (χ3v) is 6.17. The minimum absolute atomic E-state index is 0.447. The molecule has 7 nitrogen and oxygen atoms in total. The second kappa shape index (κ2) is 25.8. The summed E-state index contributed by atoms with van der Waals surface area (Å²) in [5.74, 6) is 0. The fourth-order valence-corrected chi connectivity index (χ4v) is 4.15. The summed E-state index contributed by atoms with van der Waals surface area (Å²) < 4.78 is 0. The van der Waals surface area contributed by atoms with Crippen molar-refractivity contribution < 1.29 is 15.3 Å². The van der Waals surface area contributed by atoms with Gasteiger partial charge in [0, 0.05) is 39.3 Å². The Balaban J connectivity index is 4.37. The van der Waals surface area contributed by atoms with Crippen LogP contribution in [0.25, 0.3) is 0 Å². The van der Waals surface area contributed by atoms with Gasteiger partial charge in [-0.3, -0.25) is 4.90 Å². The van der Waals surface area contributed by atoms with Crippen LogP contribution in [0.15, 0.2) is 0 Å². The number of rotatable bonds is 27. The van der Waals surface area contributed by atoms with Crippen molar-refractivity contribution in [3.63, 3.8) is 0 Å². The molecule has 0 aliphatic rings. The fraction of sp³-hybridized carbons (Fsp3) is 1.00. The van der Waals surface area contributed by atoms with Crippen LogP contribution >= 0.6 is 0 Å². The van der Waals surface area contributed by atoms with Gasteiger partial charge in [-0.05, 0) is 38.9 Å². The highest BCUT2D eigenvalue weighted by Crippen LogP contribution is 2.02. The maximum atomic E-state index is 10.5. The van der Waals surface area contributed by atoms with E-state index in [1.165, 1.54) is 57.8 Å². The van der Waals surface area contributed by atoms with Gasteiger partial charge < -0.3 is 31.3 Å². The number of hydrogen-bond donors (Lipinski definition) is 6. The zero-order chi connectivity index (χ0) is 25.3. The van der Waals surface area contributed by atoms with E-state index in [-0.39, 0.29) is 0 Å². The summed E-state index contributed by atoms with van der Waals surface area (Å²) in [5, 5.41) is 41.7. The van der Waals surface area contributed by atoms with Gasteiger partial charge in [-0.1, -0.05) is 78.6 Å². The van der Waals surface area contributed by atoms with E-state index in [0.29, 0.717) is 39.3 Å². The van der Waals surface area contributed by atoms with E-state index in [9.17, 15) is 15.3 Å². The molecule has 0 amide bonds. The number of nitrogens with one attached hydrogen (secondary N) is 3. The van der Waals surface area contributed by atoms with Crippen molar-refractivity contribution in [2.24, 2.45) is 0 Å². The summed E-state index contributed by atoms with van der Waals surface area (Å²) in [6.07, 6.45) is 13.0. The largest absolute Gasteiger partial charge is 0.390 e. The van der Waals surface area contributed by atoms with Gasteiger partial charge in [-0.2, -0.15) is 0 Å². The standard InChI is InChI=1S/C27H60N4O3/c1-4-7-10-13-16-28-19-25(32)22-31(23-26(33)20-29-17-14-11-8-5-2)24-27(34)21-30-18-15-12-9-6-3/h25-30,32-34H,4-24H2,1-3H3. The monoisotopic (exact) mass is 488 g/mol. The molecular weight excluding hydrogens is 428 g/mol. The summed E-state index contributed by atoms with van der Waals surface area (Å²) in [4.78, 5) is 2.01. The second-order valence-corrected chi connectivity index (χ2v) is 9.97. The predicted molar refractivity (Wildman–Crippen MR) is 145 cm³/mol. The molecule has 0 aromatic heterocycles. The molecule has 7 heteroatoms. The highest BCUT2D eigenvalue weighted by atomic mass is 16.3. The van der Waals surface area contributed by atoms with E-state index in [0.717, 1.165) is 38.9 Å². The maximum absolute atomic E-state index is 10.5. The Hall–Kier alpha value is -0.280. The molecule has 0 spiro atoms. The molecule has 0 aromatic rings. The Morgan fingerprint density at radius 2 is 0.765 bits per heavy atom. The molecule has 3 atom stereocenters. The number of aliphatic hydroxyl groups excluding tert-OH is 3. The topological polar surface area (TPSA) is 100 Å². The lowest BCUT2D eigenvalue weighted by atomic mass is 10.2. The first-order chi connectivity index (χ1) is 16.5. The molecule has 0 fully saturated rings. The maximum Gasteiger partial charge on any atom is 0.0791 e. The molecule has 0 aliphatic heterocycles. The molecule has 0 bridgehead atoms. The van der Waals surface area contributed by atoms with Gasteiger partial charge in [0.1, 0.15) is 0 Å². The second-order valence-electron chi connectivity index (χ2n) is 9.97. The van der Waals surface area contributed by atoms with Gasteiger partial charge in [-0.15, -0.1) is 0 Å². The van der Waals surface area contributed by atoms with Gasteiger partial charge in [-0.25, -0.2) is 0 Å². The highest BCUT2D eigenvalue weighted by Gasteiger charge is 2.18. The highest BCUT2D eigenvalue weighted by molar-refractivity contribution is 4.75. The summed E-state index contributed by atoms with van der Waals surface area (Å²) in [7, 11) is 0. The van der Waals surface area contributed by atoms with Crippen LogP contribution in [0.5, 0.6) is 0 Å². The Kier molecular flexibility index (Phi) is 25.6. The first-order valence-corrected chi connectivity index (χ1v) is 14.4. The lowest BCUT2D eigenvalue weighted by Gasteiger charge is -2.29. The van der Waals surface area contributed by atoms with Gasteiger partial charge in [0.25, 0.3) is 0 Å². The van der Waals surface area contributed by atoms with Gasteiger partial charge in [0.05, 0.1) is 18.3 Å². The van der Waals surface area contributed by atoms with Crippen molar-refractivity contribution in [3.8, 4) is 0 Å². The third kappa shape index (κ3) is 23.5. The van der Waals surface area contributed by atoms with Crippen LogP contribution in [0, 0.1) is 0 Å². The molecule has 6 N–H and O–H groups in total. The first kappa shape index (κ1) is 33.7. The average molecular weight is 489 g/mol. The first-order valence-electron chi connectivity index (χ1n) is 14.4. The zero-order valence-electron chi connectivity index (χ0n) is 22.9.